The Morgan fingerprint density at radius 3 is 2.94 bits per heavy atom. The van der Waals surface area contributed by atoms with E-state index in [0.29, 0.717) is 12.6 Å². The van der Waals surface area contributed by atoms with Crippen LogP contribution in [0.25, 0.3) is 0 Å². The minimum atomic E-state index is 0.252. The van der Waals surface area contributed by atoms with Gasteiger partial charge in [-0.15, -0.1) is 0 Å². The highest BCUT2D eigenvalue weighted by Crippen LogP contribution is 2.24. The summed E-state index contributed by atoms with van der Waals surface area (Å²) in [5, 5.41) is 9.10. The molecule has 0 aliphatic carbocycles. The van der Waals surface area contributed by atoms with Gasteiger partial charge in [-0.25, -0.2) is 4.98 Å². The van der Waals surface area contributed by atoms with Crippen molar-refractivity contribution < 1.29 is 5.11 Å². The molecule has 1 aromatic heterocycles. The lowest BCUT2D eigenvalue weighted by molar-refractivity contribution is 0.262. The molecule has 1 fully saturated rings. The highest BCUT2D eigenvalue weighted by atomic mass is 16.3. The molecule has 1 aromatic rings. The second kappa shape index (κ2) is 5.98. The third-order valence-corrected chi connectivity index (χ3v) is 3.43. The molecule has 4 heteroatoms. The molecule has 17 heavy (non-hydrogen) atoms. The molecule has 1 atom stereocenters. The molecule has 1 aliphatic heterocycles. The topological polar surface area (TPSA) is 62.4 Å². The van der Waals surface area contributed by atoms with Crippen LogP contribution in [0.4, 0.5) is 5.82 Å². The number of aliphatic hydroxyl groups is 1. The van der Waals surface area contributed by atoms with E-state index in [1.807, 2.05) is 18.3 Å². The Balaban J connectivity index is 2.11. The molecule has 94 valence electrons. The first-order valence-corrected chi connectivity index (χ1v) is 6.37. The maximum absolute atomic E-state index is 9.10. The molecule has 1 saturated heterocycles. The monoisotopic (exact) mass is 235 g/mol. The Labute approximate surface area is 102 Å². The summed E-state index contributed by atoms with van der Waals surface area (Å²) in [4.78, 5) is 6.79. The highest BCUT2D eigenvalue weighted by Gasteiger charge is 2.22. The van der Waals surface area contributed by atoms with Crippen molar-refractivity contribution in [2.75, 3.05) is 18.1 Å². The number of rotatable bonds is 4. The smallest absolute Gasteiger partial charge is 0.128 e. The van der Waals surface area contributed by atoms with Gasteiger partial charge in [-0.05, 0) is 37.3 Å². The van der Waals surface area contributed by atoms with Crippen LogP contribution in [0.5, 0.6) is 0 Å². The van der Waals surface area contributed by atoms with Crippen molar-refractivity contribution in [3.05, 3.63) is 23.9 Å². The maximum Gasteiger partial charge on any atom is 0.128 e. The normalized spacial score (nSPS) is 20.6. The van der Waals surface area contributed by atoms with E-state index in [4.69, 9.17) is 10.8 Å². The van der Waals surface area contributed by atoms with Gasteiger partial charge in [-0.1, -0.05) is 6.07 Å². The standard InChI is InChI=1S/C13H21N3O/c14-9-11-4-5-13(15-10-11)16-7-2-1-3-12(16)6-8-17/h4-5,10,12,17H,1-3,6-9,14H2/t12-/m1/s1. The Kier molecular flexibility index (Phi) is 4.34. The van der Waals surface area contributed by atoms with Gasteiger partial charge in [0.25, 0.3) is 0 Å². The van der Waals surface area contributed by atoms with Crippen LogP contribution in [-0.4, -0.2) is 29.3 Å². The number of aromatic nitrogens is 1. The van der Waals surface area contributed by atoms with Gasteiger partial charge in [0, 0.05) is 31.9 Å². The molecule has 4 nitrogen and oxygen atoms in total. The fourth-order valence-electron chi connectivity index (χ4n) is 2.46. The van der Waals surface area contributed by atoms with E-state index in [0.717, 1.165) is 30.8 Å². The number of anilines is 1. The van der Waals surface area contributed by atoms with Crippen LogP contribution in [-0.2, 0) is 6.54 Å². The van der Waals surface area contributed by atoms with Crippen molar-refractivity contribution in [1.82, 2.24) is 4.98 Å². The van der Waals surface area contributed by atoms with Crippen molar-refractivity contribution in [3.8, 4) is 0 Å². The van der Waals surface area contributed by atoms with Crippen molar-refractivity contribution in [2.24, 2.45) is 5.73 Å². The van der Waals surface area contributed by atoms with Crippen molar-refractivity contribution in [1.29, 1.82) is 0 Å². The zero-order valence-electron chi connectivity index (χ0n) is 10.2. The van der Waals surface area contributed by atoms with Gasteiger partial charge in [0.2, 0.25) is 0 Å². The van der Waals surface area contributed by atoms with Gasteiger partial charge in [0.15, 0.2) is 0 Å². The van der Waals surface area contributed by atoms with E-state index in [1.165, 1.54) is 12.8 Å². The van der Waals surface area contributed by atoms with Gasteiger partial charge in [0.05, 0.1) is 0 Å². The minimum absolute atomic E-state index is 0.252. The lowest BCUT2D eigenvalue weighted by Crippen LogP contribution is -2.40. The van der Waals surface area contributed by atoms with Crippen molar-refractivity contribution >= 4 is 5.82 Å². The predicted molar refractivity (Wildman–Crippen MR) is 68.8 cm³/mol. The molecule has 0 spiro atoms. The summed E-state index contributed by atoms with van der Waals surface area (Å²) in [5.74, 6) is 1.01. The lowest BCUT2D eigenvalue weighted by Gasteiger charge is -2.36. The van der Waals surface area contributed by atoms with E-state index >= 15 is 0 Å². The lowest BCUT2D eigenvalue weighted by atomic mass is 9.99. The molecule has 3 N–H and O–H groups in total. The van der Waals surface area contributed by atoms with Crippen molar-refractivity contribution in [2.45, 2.75) is 38.3 Å². The number of hydrogen-bond donors (Lipinski definition) is 2. The Bertz CT molecular complexity index is 337. The molecular formula is C13H21N3O. The minimum Gasteiger partial charge on any atom is -0.396 e. The van der Waals surface area contributed by atoms with Crippen LogP contribution >= 0.6 is 0 Å². The summed E-state index contributed by atoms with van der Waals surface area (Å²) < 4.78 is 0. The van der Waals surface area contributed by atoms with E-state index in [1.54, 1.807) is 0 Å². The van der Waals surface area contributed by atoms with E-state index < -0.39 is 0 Å². The second-order valence-electron chi connectivity index (χ2n) is 4.58. The number of piperidine rings is 1. The molecule has 2 heterocycles. The van der Waals surface area contributed by atoms with Crippen LogP contribution in [0.1, 0.15) is 31.2 Å². The first kappa shape index (κ1) is 12.3. The summed E-state index contributed by atoms with van der Waals surface area (Å²) >= 11 is 0. The molecule has 1 aliphatic rings. The Morgan fingerprint density at radius 1 is 1.41 bits per heavy atom. The number of aliphatic hydroxyl groups excluding tert-OH is 1. The van der Waals surface area contributed by atoms with Crippen LogP contribution in [0.2, 0.25) is 0 Å². The zero-order valence-corrected chi connectivity index (χ0v) is 10.2. The number of hydrogen-bond acceptors (Lipinski definition) is 4. The van der Waals surface area contributed by atoms with E-state index in [9.17, 15) is 0 Å². The fraction of sp³-hybridized carbons (Fsp3) is 0.615. The Hall–Kier alpha value is -1.13. The van der Waals surface area contributed by atoms with Crippen LogP contribution < -0.4 is 10.6 Å². The van der Waals surface area contributed by atoms with Crippen LogP contribution in [0.3, 0.4) is 0 Å². The summed E-state index contributed by atoms with van der Waals surface area (Å²) in [7, 11) is 0. The first-order valence-electron chi connectivity index (χ1n) is 6.37. The third kappa shape index (κ3) is 2.96. The van der Waals surface area contributed by atoms with Crippen LogP contribution in [0, 0.1) is 0 Å². The second-order valence-corrected chi connectivity index (χ2v) is 4.58. The molecule has 0 radical (unpaired) electrons. The predicted octanol–water partition coefficient (Wildman–Crippen LogP) is 1.28. The summed E-state index contributed by atoms with van der Waals surface area (Å²) in [6, 6.07) is 4.51. The van der Waals surface area contributed by atoms with Crippen molar-refractivity contribution in [3.63, 3.8) is 0 Å². The number of nitrogens with two attached hydrogens (primary N) is 1. The van der Waals surface area contributed by atoms with Gasteiger partial charge in [-0.3, -0.25) is 0 Å². The molecule has 0 saturated carbocycles. The van der Waals surface area contributed by atoms with Gasteiger partial charge >= 0.3 is 0 Å². The molecule has 0 bridgehead atoms. The SMILES string of the molecule is NCc1ccc(N2CCCC[C@@H]2CCO)nc1. The zero-order chi connectivity index (χ0) is 12.1. The summed E-state index contributed by atoms with van der Waals surface area (Å²) in [6.45, 7) is 1.83. The van der Waals surface area contributed by atoms with Gasteiger partial charge < -0.3 is 15.7 Å². The van der Waals surface area contributed by atoms with E-state index in [2.05, 4.69) is 9.88 Å². The van der Waals surface area contributed by atoms with Gasteiger partial charge in [0.1, 0.15) is 5.82 Å². The van der Waals surface area contributed by atoms with Gasteiger partial charge in [-0.2, -0.15) is 0 Å². The quantitative estimate of drug-likeness (QED) is 0.825. The Morgan fingerprint density at radius 2 is 2.29 bits per heavy atom. The average Bonchev–Trinajstić information content (AvgIpc) is 2.40. The highest BCUT2D eigenvalue weighted by molar-refractivity contribution is 5.41. The molecule has 0 unspecified atom stereocenters. The summed E-state index contributed by atoms with van der Waals surface area (Å²) in [6.07, 6.45) is 6.30. The first-order chi connectivity index (χ1) is 8.35. The number of pyridine rings is 1. The molecule has 0 amide bonds. The summed E-state index contributed by atoms with van der Waals surface area (Å²) in [5.41, 5.74) is 6.63. The maximum atomic E-state index is 9.10. The molecule has 0 aromatic carbocycles. The van der Waals surface area contributed by atoms with Crippen LogP contribution in [0.15, 0.2) is 18.3 Å². The fourth-order valence-corrected chi connectivity index (χ4v) is 2.46. The third-order valence-electron chi connectivity index (χ3n) is 3.43. The average molecular weight is 235 g/mol. The molecular weight excluding hydrogens is 214 g/mol. The van der Waals surface area contributed by atoms with E-state index in [-0.39, 0.29) is 6.61 Å². The number of nitrogens with zero attached hydrogens (tertiary/aromatic N) is 2. The molecule has 2 rings (SSSR count). The largest absolute Gasteiger partial charge is 0.396 e.